The van der Waals surface area contributed by atoms with E-state index in [1.165, 1.54) is 6.20 Å². The Labute approximate surface area is 107 Å². The molecule has 1 aliphatic rings. The van der Waals surface area contributed by atoms with E-state index >= 15 is 0 Å². The number of H-pyrrole nitrogens is 1. The molecule has 8 heteroatoms. The van der Waals surface area contributed by atoms with E-state index in [4.69, 9.17) is 5.73 Å². The van der Waals surface area contributed by atoms with Crippen LogP contribution in [0.2, 0.25) is 0 Å². The number of aromatic nitrogens is 1. The molecule has 0 radical (unpaired) electrons. The number of nitrogens with one attached hydrogen (secondary N) is 2. The van der Waals surface area contributed by atoms with Crippen molar-refractivity contribution in [3.8, 4) is 0 Å². The molecule has 1 aromatic rings. The maximum absolute atomic E-state index is 12.1. The van der Waals surface area contributed by atoms with Crippen molar-refractivity contribution in [1.82, 2.24) is 19.7 Å². The van der Waals surface area contributed by atoms with Gasteiger partial charge in [0.1, 0.15) is 4.90 Å². The maximum atomic E-state index is 12.1. The normalized spacial score (nSPS) is 19.2. The molecule has 2 heterocycles. The fraction of sp³-hybridized carbons (Fsp3) is 0.600. The van der Waals surface area contributed by atoms with Gasteiger partial charge >= 0.3 is 0 Å². The lowest BCUT2D eigenvalue weighted by Gasteiger charge is -2.31. The summed E-state index contributed by atoms with van der Waals surface area (Å²) in [6.07, 6.45) is 1.46. The molecule has 0 saturated carbocycles. The zero-order valence-corrected chi connectivity index (χ0v) is 11.2. The summed E-state index contributed by atoms with van der Waals surface area (Å²) < 4.78 is 24.2. The van der Waals surface area contributed by atoms with Gasteiger partial charge < -0.3 is 15.6 Å². The van der Waals surface area contributed by atoms with Crippen LogP contribution in [0.4, 0.5) is 0 Å². The molecule has 1 aliphatic heterocycles. The van der Waals surface area contributed by atoms with Crippen LogP contribution in [0.5, 0.6) is 0 Å². The van der Waals surface area contributed by atoms with Crippen LogP contribution < -0.4 is 10.6 Å². The van der Waals surface area contributed by atoms with E-state index in [0.717, 1.165) is 13.1 Å². The van der Waals surface area contributed by atoms with Crippen molar-refractivity contribution >= 4 is 10.0 Å². The van der Waals surface area contributed by atoms with Crippen LogP contribution in [-0.2, 0) is 16.6 Å². The minimum atomic E-state index is -3.50. The Morgan fingerprint density at radius 3 is 2.61 bits per heavy atom. The third-order valence-electron chi connectivity index (χ3n) is 3.00. The highest BCUT2D eigenvalue weighted by molar-refractivity contribution is 7.89. The molecule has 1 fully saturated rings. The molecule has 0 bridgehead atoms. The molecule has 18 heavy (non-hydrogen) atoms. The quantitative estimate of drug-likeness (QED) is 0.648. The number of nitrogens with two attached hydrogens (primary N) is 1. The van der Waals surface area contributed by atoms with E-state index in [0.29, 0.717) is 25.3 Å². The summed E-state index contributed by atoms with van der Waals surface area (Å²) in [7, 11) is -1.48. The van der Waals surface area contributed by atoms with Gasteiger partial charge in [-0.05, 0) is 13.1 Å². The second kappa shape index (κ2) is 5.37. The molecule has 0 unspecified atom stereocenters. The number of hydrogen-bond acceptors (Lipinski definition) is 5. The van der Waals surface area contributed by atoms with Crippen molar-refractivity contribution in [3.05, 3.63) is 18.0 Å². The van der Waals surface area contributed by atoms with Crippen molar-refractivity contribution in [1.29, 1.82) is 0 Å². The summed E-state index contributed by atoms with van der Waals surface area (Å²) in [6.45, 7) is 3.37. The molecule has 4 N–H and O–H groups in total. The third kappa shape index (κ3) is 3.09. The van der Waals surface area contributed by atoms with Crippen molar-refractivity contribution in [3.63, 3.8) is 0 Å². The Bertz CT molecular complexity index is 490. The predicted molar refractivity (Wildman–Crippen MR) is 68.1 cm³/mol. The molecule has 1 aromatic heterocycles. The van der Waals surface area contributed by atoms with Crippen LogP contribution >= 0.6 is 0 Å². The number of aromatic amines is 1. The van der Waals surface area contributed by atoms with Gasteiger partial charge in [0.05, 0.1) is 0 Å². The van der Waals surface area contributed by atoms with Gasteiger partial charge in [-0.1, -0.05) is 0 Å². The van der Waals surface area contributed by atoms with Gasteiger partial charge in [0.15, 0.2) is 0 Å². The Balaban J connectivity index is 2.03. The van der Waals surface area contributed by atoms with Gasteiger partial charge in [-0.25, -0.2) is 13.4 Å². The molecule has 0 spiro atoms. The number of hydrazine groups is 1. The standard InChI is InChI=1S/C10H19N5O2S/c1-14-2-4-15(5-3-14)13-18(16,17)10-6-9(7-11)12-8-10/h6,8,12-13H,2-5,7,11H2,1H3. The first-order chi connectivity index (χ1) is 8.51. The van der Waals surface area contributed by atoms with E-state index in [2.05, 4.69) is 14.7 Å². The Kier molecular flexibility index (Phi) is 4.03. The molecule has 2 rings (SSSR count). The molecule has 0 aliphatic carbocycles. The number of likely N-dealkylation sites (N-methyl/N-ethyl adjacent to an activating group) is 1. The van der Waals surface area contributed by atoms with Gasteiger partial charge in [0, 0.05) is 44.6 Å². The van der Waals surface area contributed by atoms with Crippen LogP contribution in [0.25, 0.3) is 0 Å². The highest BCUT2D eigenvalue weighted by Gasteiger charge is 2.22. The molecule has 102 valence electrons. The molecule has 7 nitrogen and oxygen atoms in total. The topological polar surface area (TPSA) is 94.5 Å². The highest BCUT2D eigenvalue weighted by Crippen LogP contribution is 2.11. The second-order valence-corrected chi connectivity index (χ2v) is 6.11. The first kappa shape index (κ1) is 13.5. The zero-order valence-electron chi connectivity index (χ0n) is 10.4. The molecular formula is C10H19N5O2S. The van der Waals surface area contributed by atoms with E-state index in [1.807, 2.05) is 7.05 Å². The summed E-state index contributed by atoms with van der Waals surface area (Å²) >= 11 is 0. The van der Waals surface area contributed by atoms with E-state index in [-0.39, 0.29) is 4.90 Å². The third-order valence-corrected chi connectivity index (χ3v) is 4.35. The van der Waals surface area contributed by atoms with Crippen molar-refractivity contribution < 1.29 is 8.42 Å². The highest BCUT2D eigenvalue weighted by atomic mass is 32.2. The van der Waals surface area contributed by atoms with Gasteiger partial charge in [0.2, 0.25) is 0 Å². The van der Waals surface area contributed by atoms with E-state index < -0.39 is 10.0 Å². The Morgan fingerprint density at radius 2 is 2.06 bits per heavy atom. The smallest absolute Gasteiger partial charge is 0.254 e. The van der Waals surface area contributed by atoms with Gasteiger partial charge in [-0.3, -0.25) is 0 Å². The molecule has 0 amide bonds. The number of sulfonamides is 1. The van der Waals surface area contributed by atoms with Gasteiger partial charge in [0.25, 0.3) is 10.0 Å². The minimum absolute atomic E-state index is 0.224. The number of hydrogen-bond donors (Lipinski definition) is 3. The summed E-state index contributed by atoms with van der Waals surface area (Å²) in [6, 6.07) is 1.55. The van der Waals surface area contributed by atoms with Crippen molar-refractivity contribution in [2.75, 3.05) is 33.2 Å². The molecule has 0 atom stereocenters. The number of nitrogens with zero attached hydrogens (tertiary/aromatic N) is 2. The number of piperazine rings is 1. The SMILES string of the molecule is CN1CCN(NS(=O)(=O)c2c[nH]c(CN)c2)CC1. The first-order valence-corrected chi connectivity index (χ1v) is 7.33. The lowest BCUT2D eigenvalue weighted by molar-refractivity contribution is 0.135. The minimum Gasteiger partial charge on any atom is -0.363 e. The molecule has 0 aromatic carbocycles. The number of rotatable bonds is 4. The lowest BCUT2D eigenvalue weighted by atomic mass is 10.4. The first-order valence-electron chi connectivity index (χ1n) is 5.84. The average Bonchev–Trinajstić information content (AvgIpc) is 2.81. The monoisotopic (exact) mass is 273 g/mol. The molecule has 1 saturated heterocycles. The summed E-state index contributed by atoms with van der Waals surface area (Å²) in [5, 5.41) is 1.73. The van der Waals surface area contributed by atoms with Crippen LogP contribution in [0.15, 0.2) is 17.2 Å². The van der Waals surface area contributed by atoms with Crippen molar-refractivity contribution in [2.45, 2.75) is 11.4 Å². The molecular weight excluding hydrogens is 254 g/mol. The fourth-order valence-corrected chi connectivity index (χ4v) is 2.95. The zero-order chi connectivity index (χ0) is 13.2. The largest absolute Gasteiger partial charge is 0.363 e. The predicted octanol–water partition coefficient (Wildman–Crippen LogP) is -1.09. The van der Waals surface area contributed by atoms with Gasteiger partial charge in [-0.15, -0.1) is 4.83 Å². The maximum Gasteiger partial charge on any atom is 0.254 e. The van der Waals surface area contributed by atoms with Crippen LogP contribution in [-0.4, -0.2) is 56.5 Å². The Hall–Kier alpha value is -0.930. The van der Waals surface area contributed by atoms with Gasteiger partial charge in [-0.2, -0.15) is 0 Å². The summed E-state index contributed by atoms with van der Waals surface area (Å²) in [4.78, 5) is 7.81. The van der Waals surface area contributed by atoms with Crippen LogP contribution in [0.1, 0.15) is 5.69 Å². The summed E-state index contributed by atoms with van der Waals surface area (Å²) in [5.41, 5.74) is 6.15. The average molecular weight is 273 g/mol. The van der Waals surface area contributed by atoms with Crippen LogP contribution in [0, 0.1) is 0 Å². The second-order valence-electron chi connectivity index (χ2n) is 4.45. The fourth-order valence-electron chi connectivity index (χ4n) is 1.81. The van der Waals surface area contributed by atoms with E-state index in [1.54, 1.807) is 11.1 Å². The lowest BCUT2D eigenvalue weighted by Crippen LogP contribution is -2.52. The summed E-state index contributed by atoms with van der Waals surface area (Å²) in [5.74, 6) is 0. The van der Waals surface area contributed by atoms with E-state index in [9.17, 15) is 8.42 Å². The van der Waals surface area contributed by atoms with Crippen molar-refractivity contribution in [2.24, 2.45) is 5.73 Å². The Morgan fingerprint density at radius 1 is 1.39 bits per heavy atom. The van der Waals surface area contributed by atoms with Crippen LogP contribution in [0.3, 0.4) is 0 Å².